The quantitative estimate of drug-likeness (QED) is 0.281. The molecule has 24 heavy (non-hydrogen) atoms. The van der Waals surface area contributed by atoms with Crippen molar-refractivity contribution in [3.05, 3.63) is 0 Å². The Balaban J connectivity index is 3.74. The minimum absolute atomic E-state index is 0.575. The number of ether oxygens (including phenoxy) is 1. The van der Waals surface area contributed by atoms with E-state index in [1.54, 1.807) is 6.92 Å². The van der Waals surface area contributed by atoms with Crippen molar-refractivity contribution in [1.82, 2.24) is 0 Å². The Morgan fingerprint density at radius 1 is 0.750 bits per heavy atom. The highest BCUT2D eigenvalue weighted by Crippen LogP contribution is 2.21. The highest BCUT2D eigenvalue weighted by molar-refractivity contribution is 5.76. The van der Waals surface area contributed by atoms with Gasteiger partial charge in [0.15, 0.2) is 5.60 Å². The van der Waals surface area contributed by atoms with Gasteiger partial charge in [-0.3, -0.25) is 0 Å². The van der Waals surface area contributed by atoms with E-state index >= 15 is 0 Å². The van der Waals surface area contributed by atoms with Gasteiger partial charge in [0.1, 0.15) is 0 Å². The Morgan fingerprint density at radius 3 is 1.62 bits per heavy atom. The molecule has 0 radical (unpaired) electrons. The lowest BCUT2D eigenvalue weighted by molar-refractivity contribution is -0.165. The molecule has 0 saturated heterocycles. The van der Waals surface area contributed by atoms with Gasteiger partial charge in [-0.05, 0) is 26.2 Å². The van der Waals surface area contributed by atoms with E-state index in [2.05, 4.69) is 13.8 Å². The number of rotatable bonds is 18. The fourth-order valence-corrected chi connectivity index (χ4v) is 3.02. The molecule has 0 aromatic heterocycles. The largest absolute Gasteiger partial charge is 0.479 e. The highest BCUT2D eigenvalue weighted by Gasteiger charge is 2.33. The van der Waals surface area contributed by atoms with E-state index in [-0.39, 0.29) is 0 Å². The monoisotopic (exact) mass is 342 g/mol. The van der Waals surface area contributed by atoms with Crippen molar-refractivity contribution in [1.29, 1.82) is 0 Å². The summed E-state index contributed by atoms with van der Waals surface area (Å²) < 4.78 is 5.76. The molecule has 3 heteroatoms. The van der Waals surface area contributed by atoms with Gasteiger partial charge in [0.05, 0.1) is 0 Å². The average Bonchev–Trinajstić information content (AvgIpc) is 2.56. The molecule has 144 valence electrons. The molecule has 0 aliphatic rings. The molecule has 0 saturated carbocycles. The molecular weight excluding hydrogens is 300 g/mol. The van der Waals surface area contributed by atoms with E-state index in [4.69, 9.17) is 4.74 Å². The van der Waals surface area contributed by atoms with Gasteiger partial charge in [-0.15, -0.1) is 0 Å². The van der Waals surface area contributed by atoms with E-state index in [0.717, 1.165) is 25.7 Å². The summed E-state index contributed by atoms with van der Waals surface area (Å²) in [6.45, 7) is 6.77. The van der Waals surface area contributed by atoms with Gasteiger partial charge in [0.25, 0.3) is 0 Å². The van der Waals surface area contributed by atoms with E-state index in [0.29, 0.717) is 13.0 Å². The third-order valence-corrected chi connectivity index (χ3v) is 4.88. The Kier molecular flexibility index (Phi) is 15.6. The normalized spacial score (nSPS) is 13.8. The molecule has 1 N–H and O–H groups in total. The van der Waals surface area contributed by atoms with Crippen LogP contribution in [-0.4, -0.2) is 23.3 Å². The third kappa shape index (κ3) is 12.8. The van der Waals surface area contributed by atoms with Crippen LogP contribution in [-0.2, 0) is 9.53 Å². The van der Waals surface area contributed by atoms with Gasteiger partial charge in [0.2, 0.25) is 0 Å². The maximum atomic E-state index is 11.5. The fourth-order valence-electron chi connectivity index (χ4n) is 3.02. The van der Waals surface area contributed by atoms with Crippen LogP contribution in [0.2, 0.25) is 0 Å². The second-order valence-corrected chi connectivity index (χ2v) is 7.38. The Hall–Kier alpha value is -0.570. The molecular formula is C21H42O3. The van der Waals surface area contributed by atoms with Crippen molar-refractivity contribution in [2.24, 2.45) is 0 Å². The molecule has 0 amide bonds. The van der Waals surface area contributed by atoms with Crippen LogP contribution in [0.5, 0.6) is 0 Å². The van der Waals surface area contributed by atoms with Crippen molar-refractivity contribution in [2.45, 2.75) is 123 Å². The summed E-state index contributed by atoms with van der Waals surface area (Å²) >= 11 is 0. The molecule has 0 spiro atoms. The van der Waals surface area contributed by atoms with Gasteiger partial charge in [-0.2, -0.15) is 0 Å². The molecule has 0 heterocycles. The fraction of sp³-hybridized carbons (Fsp3) is 0.952. The van der Waals surface area contributed by atoms with Crippen molar-refractivity contribution in [2.75, 3.05) is 6.61 Å². The van der Waals surface area contributed by atoms with E-state index in [9.17, 15) is 9.90 Å². The summed E-state index contributed by atoms with van der Waals surface area (Å²) in [6, 6.07) is 0. The van der Waals surface area contributed by atoms with Crippen molar-refractivity contribution >= 4 is 5.97 Å². The zero-order valence-electron chi connectivity index (χ0n) is 16.6. The molecule has 0 bridgehead atoms. The minimum atomic E-state index is -0.994. The van der Waals surface area contributed by atoms with Crippen LogP contribution in [0.1, 0.15) is 117 Å². The second kappa shape index (κ2) is 15.9. The van der Waals surface area contributed by atoms with Crippen molar-refractivity contribution in [3.8, 4) is 0 Å². The minimum Gasteiger partial charge on any atom is -0.479 e. The molecule has 0 fully saturated rings. The maximum absolute atomic E-state index is 11.5. The summed E-state index contributed by atoms with van der Waals surface area (Å²) in [5.41, 5.74) is -0.994. The lowest BCUT2D eigenvalue weighted by Crippen LogP contribution is -2.38. The predicted octanol–water partition coefficient (Wildman–Crippen LogP) is 6.74. The number of carbonyl (C=O) groups is 1. The summed E-state index contributed by atoms with van der Waals surface area (Å²) in [5, 5.41) is 9.48. The van der Waals surface area contributed by atoms with Gasteiger partial charge in [-0.1, -0.05) is 90.9 Å². The van der Waals surface area contributed by atoms with Gasteiger partial charge < -0.3 is 9.84 Å². The van der Waals surface area contributed by atoms with Gasteiger partial charge >= 0.3 is 5.97 Å². The highest BCUT2D eigenvalue weighted by atomic mass is 16.5. The molecule has 0 aromatic rings. The van der Waals surface area contributed by atoms with Crippen LogP contribution >= 0.6 is 0 Å². The first kappa shape index (κ1) is 23.4. The number of hydrogen-bond donors (Lipinski definition) is 1. The number of carboxylic acid groups (broad SMARTS) is 1. The molecule has 0 aliphatic carbocycles. The molecule has 0 rings (SSSR count). The summed E-state index contributed by atoms with van der Waals surface area (Å²) in [7, 11) is 0. The first-order valence-corrected chi connectivity index (χ1v) is 10.4. The second-order valence-electron chi connectivity index (χ2n) is 7.38. The first-order chi connectivity index (χ1) is 11.6. The Labute approximate surface area is 150 Å². The van der Waals surface area contributed by atoms with Gasteiger partial charge in [-0.25, -0.2) is 4.79 Å². The standard InChI is InChI=1S/C21H42O3/c1-4-6-8-10-12-13-14-16-18-21(3,20(22)23)24-19-17-15-11-9-7-5-2/h4-19H2,1-3H3,(H,22,23). The van der Waals surface area contributed by atoms with E-state index < -0.39 is 11.6 Å². The van der Waals surface area contributed by atoms with Crippen LogP contribution in [0.4, 0.5) is 0 Å². The topological polar surface area (TPSA) is 46.5 Å². The number of carboxylic acids is 1. The molecule has 1 unspecified atom stereocenters. The molecule has 1 atom stereocenters. The maximum Gasteiger partial charge on any atom is 0.335 e. The van der Waals surface area contributed by atoms with Crippen LogP contribution in [0.3, 0.4) is 0 Å². The Morgan fingerprint density at radius 2 is 1.17 bits per heavy atom. The van der Waals surface area contributed by atoms with Crippen molar-refractivity contribution < 1.29 is 14.6 Å². The molecule has 3 nitrogen and oxygen atoms in total. The van der Waals surface area contributed by atoms with E-state index in [1.165, 1.54) is 64.2 Å². The molecule has 0 aromatic carbocycles. The SMILES string of the molecule is CCCCCCCCCCC(C)(OCCCCCCCC)C(=O)O. The lowest BCUT2D eigenvalue weighted by Gasteiger charge is -2.25. The third-order valence-electron chi connectivity index (χ3n) is 4.88. The summed E-state index contributed by atoms with van der Waals surface area (Å²) in [4.78, 5) is 11.5. The smallest absolute Gasteiger partial charge is 0.335 e. The first-order valence-electron chi connectivity index (χ1n) is 10.4. The van der Waals surface area contributed by atoms with Gasteiger partial charge in [0, 0.05) is 6.61 Å². The van der Waals surface area contributed by atoms with Crippen LogP contribution in [0.15, 0.2) is 0 Å². The average molecular weight is 343 g/mol. The zero-order chi connectivity index (χ0) is 18.1. The van der Waals surface area contributed by atoms with Crippen LogP contribution in [0.25, 0.3) is 0 Å². The predicted molar refractivity (Wildman–Crippen MR) is 103 cm³/mol. The van der Waals surface area contributed by atoms with Crippen LogP contribution < -0.4 is 0 Å². The summed E-state index contributed by atoms with van der Waals surface area (Å²) in [5.74, 6) is -0.809. The van der Waals surface area contributed by atoms with Crippen molar-refractivity contribution in [3.63, 3.8) is 0 Å². The lowest BCUT2D eigenvalue weighted by atomic mass is 9.97. The zero-order valence-corrected chi connectivity index (χ0v) is 16.6. The Bertz CT molecular complexity index is 291. The molecule has 0 aliphatic heterocycles. The number of hydrogen-bond acceptors (Lipinski definition) is 2. The van der Waals surface area contributed by atoms with Crippen LogP contribution in [0, 0.1) is 0 Å². The summed E-state index contributed by atoms with van der Waals surface area (Å²) in [6.07, 6.45) is 17.7. The number of unbranched alkanes of at least 4 members (excludes halogenated alkanes) is 12. The number of aliphatic carboxylic acids is 1. The van der Waals surface area contributed by atoms with E-state index in [1.807, 2.05) is 0 Å².